The smallest absolute Gasteiger partial charge is 0.339 e. The molecule has 15 heavy (non-hydrogen) atoms. The zero-order valence-corrected chi connectivity index (χ0v) is 11.0. The molecule has 1 rings (SSSR count). The maximum Gasteiger partial charge on any atom is 0.339 e. The fourth-order valence-electron chi connectivity index (χ4n) is 0.903. The molecule has 0 saturated heterocycles. The van der Waals surface area contributed by atoms with Crippen molar-refractivity contribution in [2.45, 2.75) is 26.4 Å². The van der Waals surface area contributed by atoms with Gasteiger partial charge in [-0.1, -0.05) is 11.6 Å². The molecule has 0 atom stereocenters. The third-order valence-electron chi connectivity index (χ3n) is 1.44. The summed E-state index contributed by atoms with van der Waals surface area (Å²) in [7, 11) is 0. The van der Waals surface area contributed by atoms with Gasteiger partial charge in [-0.15, -0.1) is 0 Å². The molecule has 0 radical (unpaired) electrons. The first-order valence-electron chi connectivity index (χ1n) is 4.34. The van der Waals surface area contributed by atoms with E-state index in [0.717, 1.165) is 0 Å². The molecule has 0 N–H and O–H groups in total. The van der Waals surface area contributed by atoms with E-state index in [4.69, 9.17) is 16.3 Å². The molecule has 0 unspecified atom stereocenters. The number of rotatable bonds is 1. The van der Waals surface area contributed by atoms with Crippen LogP contribution >= 0.6 is 27.5 Å². The Morgan fingerprint density at radius 1 is 1.53 bits per heavy atom. The Balaban J connectivity index is 2.96. The summed E-state index contributed by atoms with van der Waals surface area (Å²) in [5, 5.41) is 0.263. The van der Waals surface area contributed by atoms with Crippen LogP contribution in [-0.2, 0) is 4.74 Å². The van der Waals surface area contributed by atoms with Crippen LogP contribution in [0.2, 0.25) is 5.15 Å². The number of aromatic nitrogens is 1. The molecule has 0 saturated carbocycles. The van der Waals surface area contributed by atoms with E-state index in [-0.39, 0.29) is 5.15 Å². The van der Waals surface area contributed by atoms with Crippen molar-refractivity contribution >= 4 is 33.5 Å². The van der Waals surface area contributed by atoms with E-state index < -0.39 is 11.6 Å². The van der Waals surface area contributed by atoms with Crippen LogP contribution in [0.25, 0.3) is 0 Å². The van der Waals surface area contributed by atoms with Crippen molar-refractivity contribution < 1.29 is 9.53 Å². The van der Waals surface area contributed by atoms with E-state index in [0.29, 0.717) is 10.0 Å². The lowest BCUT2D eigenvalue weighted by molar-refractivity contribution is 0.00683. The lowest BCUT2D eigenvalue weighted by Crippen LogP contribution is -2.24. The highest BCUT2D eigenvalue weighted by molar-refractivity contribution is 9.10. The fourth-order valence-corrected chi connectivity index (χ4v) is 1.44. The van der Waals surface area contributed by atoms with Gasteiger partial charge in [-0.2, -0.15) is 0 Å². The number of hydrogen-bond acceptors (Lipinski definition) is 3. The monoisotopic (exact) mass is 291 g/mol. The summed E-state index contributed by atoms with van der Waals surface area (Å²) in [6.45, 7) is 5.42. The van der Waals surface area contributed by atoms with E-state index in [9.17, 15) is 4.79 Å². The Bertz CT molecular complexity index is 387. The summed E-state index contributed by atoms with van der Waals surface area (Å²) in [6.07, 6.45) is 1.47. The number of esters is 1. The largest absolute Gasteiger partial charge is 0.456 e. The molecule has 0 fully saturated rings. The van der Waals surface area contributed by atoms with Gasteiger partial charge in [0.15, 0.2) is 0 Å². The van der Waals surface area contributed by atoms with Crippen LogP contribution in [0.5, 0.6) is 0 Å². The Kier molecular flexibility index (Phi) is 3.73. The second kappa shape index (κ2) is 4.49. The predicted molar refractivity (Wildman–Crippen MR) is 62.1 cm³/mol. The Labute approximate surface area is 102 Å². The standard InChI is InChI=1S/C10H11BrClNO2/c1-10(2,3)15-9(14)6-4-8(12)13-5-7(6)11/h4-5H,1-3H3. The first kappa shape index (κ1) is 12.5. The molecular formula is C10H11BrClNO2. The van der Waals surface area contributed by atoms with Gasteiger partial charge in [0.1, 0.15) is 10.8 Å². The SMILES string of the molecule is CC(C)(C)OC(=O)c1cc(Cl)ncc1Br. The molecule has 3 nitrogen and oxygen atoms in total. The maximum atomic E-state index is 11.7. The van der Waals surface area contributed by atoms with Crippen LogP contribution in [0.4, 0.5) is 0 Å². The average molecular weight is 293 g/mol. The highest BCUT2D eigenvalue weighted by Gasteiger charge is 2.20. The second-order valence-corrected chi connectivity index (χ2v) is 5.23. The van der Waals surface area contributed by atoms with Crippen LogP contribution in [-0.4, -0.2) is 16.6 Å². The molecule has 0 aromatic carbocycles. The molecule has 0 bridgehead atoms. The van der Waals surface area contributed by atoms with Crippen LogP contribution in [0.1, 0.15) is 31.1 Å². The van der Waals surface area contributed by atoms with Gasteiger partial charge in [-0.25, -0.2) is 9.78 Å². The average Bonchev–Trinajstić information content (AvgIpc) is 2.06. The molecule has 1 aromatic heterocycles. The molecular weight excluding hydrogens is 281 g/mol. The van der Waals surface area contributed by atoms with Gasteiger partial charge in [-0.3, -0.25) is 0 Å². The lowest BCUT2D eigenvalue weighted by Gasteiger charge is -2.19. The number of carbonyl (C=O) groups excluding carboxylic acids is 1. The minimum absolute atomic E-state index is 0.263. The molecule has 0 aliphatic carbocycles. The van der Waals surface area contributed by atoms with E-state index in [2.05, 4.69) is 20.9 Å². The van der Waals surface area contributed by atoms with Gasteiger partial charge in [0.25, 0.3) is 0 Å². The molecule has 1 heterocycles. The summed E-state index contributed by atoms with van der Waals surface area (Å²) < 4.78 is 5.77. The topological polar surface area (TPSA) is 39.2 Å². The minimum atomic E-state index is -0.522. The van der Waals surface area contributed by atoms with E-state index in [1.54, 1.807) is 0 Å². The number of carbonyl (C=O) groups is 1. The molecule has 0 amide bonds. The van der Waals surface area contributed by atoms with Crippen molar-refractivity contribution in [3.05, 3.63) is 27.5 Å². The summed E-state index contributed by atoms with van der Waals surface area (Å²) in [6, 6.07) is 1.47. The zero-order chi connectivity index (χ0) is 11.6. The van der Waals surface area contributed by atoms with E-state index >= 15 is 0 Å². The Morgan fingerprint density at radius 3 is 2.67 bits per heavy atom. The normalized spacial score (nSPS) is 11.3. The number of ether oxygens (including phenoxy) is 1. The van der Waals surface area contributed by atoms with Gasteiger partial charge in [-0.05, 0) is 42.8 Å². The van der Waals surface area contributed by atoms with Crippen molar-refractivity contribution in [1.82, 2.24) is 4.98 Å². The van der Waals surface area contributed by atoms with Crippen LogP contribution in [0.15, 0.2) is 16.7 Å². The Hall–Kier alpha value is -0.610. The van der Waals surface area contributed by atoms with Gasteiger partial charge in [0.05, 0.1) is 10.0 Å². The predicted octanol–water partition coefficient (Wildman–Crippen LogP) is 3.45. The maximum absolute atomic E-state index is 11.7. The molecule has 0 aliphatic rings. The summed E-state index contributed by atoms with van der Waals surface area (Å²) >= 11 is 8.91. The molecule has 0 spiro atoms. The van der Waals surface area contributed by atoms with Gasteiger partial charge in [0, 0.05) is 6.20 Å². The highest BCUT2D eigenvalue weighted by Crippen LogP contribution is 2.21. The number of nitrogens with zero attached hydrogens (tertiary/aromatic N) is 1. The van der Waals surface area contributed by atoms with Crippen LogP contribution in [0.3, 0.4) is 0 Å². The van der Waals surface area contributed by atoms with Crippen molar-refractivity contribution in [2.24, 2.45) is 0 Å². The van der Waals surface area contributed by atoms with Crippen LogP contribution in [0, 0.1) is 0 Å². The van der Waals surface area contributed by atoms with E-state index in [1.165, 1.54) is 12.3 Å². The van der Waals surface area contributed by atoms with Crippen molar-refractivity contribution in [2.75, 3.05) is 0 Å². The highest BCUT2D eigenvalue weighted by atomic mass is 79.9. The number of halogens is 2. The van der Waals surface area contributed by atoms with E-state index in [1.807, 2.05) is 20.8 Å². The summed E-state index contributed by atoms with van der Waals surface area (Å²) in [5.41, 5.74) is -0.142. The zero-order valence-electron chi connectivity index (χ0n) is 8.67. The second-order valence-electron chi connectivity index (χ2n) is 3.99. The van der Waals surface area contributed by atoms with Crippen molar-refractivity contribution in [3.63, 3.8) is 0 Å². The number of hydrogen-bond donors (Lipinski definition) is 0. The first-order valence-corrected chi connectivity index (χ1v) is 5.51. The van der Waals surface area contributed by atoms with Crippen LogP contribution < -0.4 is 0 Å². The molecule has 82 valence electrons. The molecule has 5 heteroatoms. The van der Waals surface area contributed by atoms with Crippen molar-refractivity contribution in [3.8, 4) is 0 Å². The molecule has 0 aliphatic heterocycles. The molecule has 1 aromatic rings. The van der Waals surface area contributed by atoms with Gasteiger partial charge < -0.3 is 4.74 Å². The Morgan fingerprint density at radius 2 is 2.13 bits per heavy atom. The van der Waals surface area contributed by atoms with Gasteiger partial charge in [0.2, 0.25) is 0 Å². The van der Waals surface area contributed by atoms with Crippen molar-refractivity contribution in [1.29, 1.82) is 0 Å². The lowest BCUT2D eigenvalue weighted by atomic mass is 10.2. The quantitative estimate of drug-likeness (QED) is 0.588. The summed E-state index contributed by atoms with van der Waals surface area (Å²) in [5.74, 6) is -0.418. The van der Waals surface area contributed by atoms with Gasteiger partial charge >= 0.3 is 5.97 Å². The third kappa shape index (κ3) is 3.80. The number of pyridine rings is 1. The summed E-state index contributed by atoms with van der Waals surface area (Å²) in [4.78, 5) is 15.5. The first-order chi connectivity index (χ1) is 6.79. The third-order valence-corrected chi connectivity index (χ3v) is 2.28. The fraction of sp³-hybridized carbons (Fsp3) is 0.400. The minimum Gasteiger partial charge on any atom is -0.456 e.